The van der Waals surface area contributed by atoms with Crippen molar-refractivity contribution in [2.75, 3.05) is 14.2 Å². The topological polar surface area (TPSA) is 135 Å². The van der Waals surface area contributed by atoms with E-state index in [1.165, 1.54) is 14.2 Å². The Morgan fingerprint density at radius 1 is 1.05 bits per heavy atom. The molecule has 254 valence electrons. The molecule has 13 atom stereocenters. The molecule has 4 N–H and O–H groups in total. The molecule has 1 saturated heterocycles. The lowest BCUT2D eigenvalue weighted by Gasteiger charge is -2.49. The van der Waals surface area contributed by atoms with Gasteiger partial charge < -0.3 is 39.4 Å². The Kier molecular flexibility index (Phi) is 14.6. The van der Waals surface area contributed by atoms with Gasteiger partial charge in [0, 0.05) is 37.2 Å². The minimum Gasteiger partial charge on any atom is -0.490 e. The minimum atomic E-state index is -1.79. The van der Waals surface area contributed by atoms with Crippen LogP contribution >= 0.6 is 0 Å². The molecule has 0 aliphatic carbocycles. The van der Waals surface area contributed by atoms with Crippen LogP contribution in [-0.4, -0.2) is 83.0 Å². The fourth-order valence-electron chi connectivity index (χ4n) is 6.83. The van der Waals surface area contributed by atoms with Crippen LogP contribution in [0.3, 0.4) is 0 Å². The van der Waals surface area contributed by atoms with E-state index in [9.17, 15) is 25.2 Å². The molecule has 44 heavy (non-hydrogen) atoms. The Morgan fingerprint density at radius 3 is 2.25 bits per heavy atom. The van der Waals surface area contributed by atoms with Gasteiger partial charge in [0.1, 0.15) is 12.2 Å². The lowest BCUT2D eigenvalue weighted by atomic mass is 9.76. The van der Waals surface area contributed by atoms with Crippen LogP contribution in [0, 0.1) is 41.4 Å². The molecule has 0 radical (unpaired) electrons. The highest BCUT2D eigenvalue weighted by atomic mass is 16.6. The number of carbonyl (C=O) groups excluding carboxylic acids is 1. The van der Waals surface area contributed by atoms with E-state index in [1.54, 1.807) is 19.9 Å². The van der Waals surface area contributed by atoms with Gasteiger partial charge in [-0.25, -0.2) is 4.79 Å². The van der Waals surface area contributed by atoms with Crippen molar-refractivity contribution in [2.45, 2.75) is 124 Å². The molecule has 1 fully saturated rings. The smallest absolute Gasteiger partial charge is 0.373 e. The quantitative estimate of drug-likeness (QED) is 0.233. The SMILES string of the molecule is CO/C1=C\C(C)=C\[C@@H](C)[C@@H](O)[C@H](C)CC(C)C/C=C\[C@H](OC)[C@@H]([C@@H](C)[C@@H](O)[C@H](C)[C@@]2(O)C[C@@H](O)[C@H](C)[C@@H](C(C)C)O2)OC1=O. The largest absolute Gasteiger partial charge is 0.490 e. The molecule has 1 unspecified atom stereocenters. The first kappa shape index (κ1) is 38.4. The number of cyclic esters (lactones) is 1. The van der Waals surface area contributed by atoms with Gasteiger partial charge in [-0.1, -0.05) is 79.2 Å². The van der Waals surface area contributed by atoms with Crippen molar-refractivity contribution < 1.29 is 44.2 Å². The van der Waals surface area contributed by atoms with E-state index >= 15 is 0 Å². The molecule has 0 aromatic rings. The molecule has 0 amide bonds. The second-order valence-corrected chi connectivity index (χ2v) is 14.0. The van der Waals surface area contributed by atoms with E-state index in [-0.39, 0.29) is 41.8 Å². The van der Waals surface area contributed by atoms with Gasteiger partial charge in [0.05, 0.1) is 31.5 Å². The molecular formula is C35H60O9. The Labute approximate surface area is 265 Å². The summed E-state index contributed by atoms with van der Waals surface area (Å²) in [5.74, 6) is -4.03. The number of ether oxygens (including phenoxy) is 4. The normalized spacial score (nSPS) is 41.8. The Bertz CT molecular complexity index is 1010. The molecule has 2 heterocycles. The number of esters is 1. The average Bonchev–Trinajstić information content (AvgIpc) is 2.96. The third-order valence-corrected chi connectivity index (χ3v) is 9.81. The maximum absolute atomic E-state index is 13.5. The maximum atomic E-state index is 13.5. The molecule has 9 heteroatoms. The molecule has 2 aliphatic rings. The van der Waals surface area contributed by atoms with Crippen LogP contribution < -0.4 is 0 Å². The number of allylic oxidation sites excluding steroid dienone is 3. The molecule has 2 aliphatic heterocycles. The Balaban J connectivity index is 2.49. The number of hydrogen-bond acceptors (Lipinski definition) is 9. The van der Waals surface area contributed by atoms with Gasteiger partial charge in [-0.15, -0.1) is 0 Å². The highest BCUT2D eigenvalue weighted by Crippen LogP contribution is 2.41. The van der Waals surface area contributed by atoms with Crippen molar-refractivity contribution in [3.8, 4) is 0 Å². The van der Waals surface area contributed by atoms with Gasteiger partial charge in [-0.3, -0.25) is 0 Å². The zero-order valence-electron chi connectivity index (χ0n) is 28.8. The number of aliphatic hydroxyl groups is 4. The van der Waals surface area contributed by atoms with Crippen LogP contribution in [0.15, 0.2) is 35.6 Å². The van der Waals surface area contributed by atoms with Gasteiger partial charge >= 0.3 is 5.97 Å². The molecule has 0 saturated carbocycles. The lowest BCUT2D eigenvalue weighted by molar-refractivity contribution is -0.328. The van der Waals surface area contributed by atoms with Crippen molar-refractivity contribution in [1.82, 2.24) is 0 Å². The third-order valence-electron chi connectivity index (χ3n) is 9.81. The fraction of sp³-hybridized carbons (Fsp3) is 0.800. The minimum absolute atomic E-state index is 0.0288. The van der Waals surface area contributed by atoms with Gasteiger partial charge in [0.2, 0.25) is 5.76 Å². The van der Waals surface area contributed by atoms with E-state index < -0.39 is 60.2 Å². The van der Waals surface area contributed by atoms with E-state index in [4.69, 9.17) is 18.9 Å². The van der Waals surface area contributed by atoms with Crippen molar-refractivity contribution in [3.05, 3.63) is 35.6 Å². The molecule has 0 bridgehead atoms. The summed E-state index contributed by atoms with van der Waals surface area (Å²) < 4.78 is 23.5. The van der Waals surface area contributed by atoms with E-state index in [0.717, 1.165) is 18.4 Å². The first-order valence-electron chi connectivity index (χ1n) is 16.3. The first-order chi connectivity index (χ1) is 20.5. The van der Waals surface area contributed by atoms with Crippen LogP contribution in [0.4, 0.5) is 0 Å². The Hall–Kier alpha value is -1.75. The first-order valence-corrected chi connectivity index (χ1v) is 16.3. The second-order valence-electron chi connectivity index (χ2n) is 14.0. The number of rotatable bonds is 7. The standard InChI is InChI=1S/C35H60O9/c1-19(2)32-24(7)27(36)18-35(40,44-32)26(9)31(38)25(8)33-28(41-10)14-12-13-20(3)15-22(5)30(37)23(6)16-21(4)17-29(42-11)34(39)43-33/h12,14,16-17,19-20,22-28,30-33,36-38,40H,13,15,18H2,1-11H3/b14-12-,21-16+,29-17-/t20?,22-,23-,24+,25+,26+,27-,28+,30+,31-,32-,33-,35-/m1/s1. The summed E-state index contributed by atoms with van der Waals surface area (Å²) in [5, 5.41) is 45.1. The zero-order valence-corrected chi connectivity index (χ0v) is 28.8. The highest BCUT2D eigenvalue weighted by Gasteiger charge is 2.51. The number of aliphatic hydroxyl groups excluding tert-OH is 3. The van der Waals surface area contributed by atoms with Crippen molar-refractivity contribution in [1.29, 1.82) is 0 Å². The second kappa shape index (κ2) is 16.7. The van der Waals surface area contributed by atoms with E-state index in [0.29, 0.717) is 0 Å². The van der Waals surface area contributed by atoms with Gasteiger partial charge in [-0.2, -0.15) is 0 Å². The van der Waals surface area contributed by atoms with Gasteiger partial charge in [-0.05, 0) is 43.6 Å². The lowest BCUT2D eigenvalue weighted by Crippen LogP contribution is -2.59. The zero-order chi connectivity index (χ0) is 33.5. The van der Waals surface area contributed by atoms with Crippen LogP contribution in [0.1, 0.15) is 81.6 Å². The van der Waals surface area contributed by atoms with Crippen molar-refractivity contribution >= 4 is 5.97 Å². The predicted molar refractivity (Wildman–Crippen MR) is 170 cm³/mol. The van der Waals surface area contributed by atoms with Crippen LogP contribution in [0.5, 0.6) is 0 Å². The summed E-state index contributed by atoms with van der Waals surface area (Å²) >= 11 is 0. The van der Waals surface area contributed by atoms with Crippen LogP contribution in [0.2, 0.25) is 0 Å². The number of carbonyl (C=O) groups is 1. The van der Waals surface area contributed by atoms with Crippen LogP contribution in [-0.2, 0) is 23.7 Å². The summed E-state index contributed by atoms with van der Waals surface area (Å²) in [6.45, 7) is 17.2. The van der Waals surface area contributed by atoms with Crippen molar-refractivity contribution in [2.24, 2.45) is 41.4 Å². The monoisotopic (exact) mass is 624 g/mol. The van der Waals surface area contributed by atoms with E-state index in [1.807, 2.05) is 59.8 Å². The molecule has 0 aromatic heterocycles. The Morgan fingerprint density at radius 2 is 1.68 bits per heavy atom. The van der Waals surface area contributed by atoms with E-state index in [2.05, 4.69) is 6.92 Å². The fourth-order valence-corrected chi connectivity index (χ4v) is 6.83. The molecule has 0 spiro atoms. The van der Waals surface area contributed by atoms with Gasteiger partial charge in [0.25, 0.3) is 0 Å². The molecular weight excluding hydrogens is 564 g/mol. The van der Waals surface area contributed by atoms with Gasteiger partial charge in [0.15, 0.2) is 5.79 Å². The predicted octanol–water partition coefficient (Wildman–Crippen LogP) is 4.77. The maximum Gasteiger partial charge on any atom is 0.373 e. The summed E-state index contributed by atoms with van der Waals surface area (Å²) in [5.41, 5.74) is 0.739. The summed E-state index contributed by atoms with van der Waals surface area (Å²) in [6, 6.07) is 0. The molecule has 2 rings (SSSR count). The summed E-state index contributed by atoms with van der Waals surface area (Å²) in [6.07, 6.45) is 4.20. The molecule has 9 nitrogen and oxygen atoms in total. The molecule has 0 aromatic carbocycles. The number of methoxy groups -OCH3 is 2. The summed E-state index contributed by atoms with van der Waals surface area (Å²) in [4.78, 5) is 13.5. The third kappa shape index (κ3) is 9.63. The number of hydrogen-bond donors (Lipinski definition) is 4. The highest BCUT2D eigenvalue weighted by molar-refractivity contribution is 5.87. The van der Waals surface area contributed by atoms with Crippen LogP contribution in [0.25, 0.3) is 0 Å². The van der Waals surface area contributed by atoms with Crippen molar-refractivity contribution in [3.63, 3.8) is 0 Å². The summed E-state index contributed by atoms with van der Waals surface area (Å²) in [7, 11) is 2.90. The average molecular weight is 625 g/mol.